The second-order valence-electron chi connectivity index (χ2n) is 5.87. The number of ether oxygens (including phenoxy) is 2. The molecule has 0 saturated carbocycles. The Balaban J connectivity index is 1.82. The Labute approximate surface area is 166 Å². The molecule has 0 aliphatic carbocycles. The summed E-state index contributed by atoms with van der Waals surface area (Å²) >= 11 is 6.33. The van der Waals surface area contributed by atoms with Crippen molar-refractivity contribution in [1.29, 1.82) is 0 Å². The van der Waals surface area contributed by atoms with E-state index in [2.05, 4.69) is 10.2 Å². The molecular weight excluding hydrogens is 384 g/mol. The van der Waals surface area contributed by atoms with Crippen LogP contribution in [0.15, 0.2) is 46.9 Å². The van der Waals surface area contributed by atoms with Gasteiger partial charge in [0.25, 0.3) is 5.89 Å². The van der Waals surface area contributed by atoms with Crippen LogP contribution >= 0.6 is 11.6 Å². The van der Waals surface area contributed by atoms with Crippen molar-refractivity contribution < 1.29 is 23.8 Å². The van der Waals surface area contributed by atoms with Crippen LogP contribution in [0.25, 0.3) is 22.6 Å². The maximum Gasteiger partial charge on any atom is 0.341 e. The fourth-order valence-electron chi connectivity index (χ4n) is 2.46. The van der Waals surface area contributed by atoms with Crippen molar-refractivity contribution in [3.63, 3.8) is 0 Å². The van der Waals surface area contributed by atoms with Gasteiger partial charge < -0.3 is 19.0 Å². The molecule has 1 N–H and O–H groups in total. The summed E-state index contributed by atoms with van der Waals surface area (Å²) in [5.74, 6) is 0.182. The number of halogens is 1. The minimum atomic E-state index is -1.07. The number of hydrogen-bond acceptors (Lipinski definition) is 6. The zero-order chi connectivity index (χ0) is 20.1. The Morgan fingerprint density at radius 2 is 2.04 bits per heavy atom. The third kappa shape index (κ3) is 4.69. The Morgan fingerprint density at radius 1 is 1.21 bits per heavy atom. The molecule has 3 aromatic rings. The first-order valence-corrected chi connectivity index (χ1v) is 8.65. The van der Waals surface area contributed by atoms with E-state index in [1.165, 1.54) is 7.11 Å². The molecule has 1 aromatic heterocycles. The molecule has 0 spiro atoms. The molecular formula is C20H17ClN2O5. The first kappa shape index (κ1) is 19.4. The quantitative estimate of drug-likeness (QED) is 0.633. The minimum absolute atomic E-state index is 0.184. The van der Waals surface area contributed by atoms with Gasteiger partial charge in [0.15, 0.2) is 18.1 Å². The molecule has 3 rings (SSSR count). The SMILES string of the molecule is COc1cc(/C=C(\Cl)c2nnc(-c3cccc(C)c3)o2)ccc1OCC(=O)O. The summed E-state index contributed by atoms with van der Waals surface area (Å²) in [5.41, 5.74) is 2.58. The van der Waals surface area contributed by atoms with Crippen molar-refractivity contribution >= 4 is 28.7 Å². The van der Waals surface area contributed by atoms with E-state index in [0.29, 0.717) is 23.0 Å². The first-order valence-electron chi connectivity index (χ1n) is 8.27. The van der Waals surface area contributed by atoms with E-state index in [4.69, 9.17) is 30.6 Å². The second-order valence-corrected chi connectivity index (χ2v) is 6.27. The lowest BCUT2D eigenvalue weighted by molar-refractivity contribution is -0.139. The highest BCUT2D eigenvalue weighted by Gasteiger charge is 2.13. The molecule has 0 atom stereocenters. The molecule has 7 nitrogen and oxygen atoms in total. The lowest BCUT2D eigenvalue weighted by Crippen LogP contribution is -2.10. The van der Waals surface area contributed by atoms with Crippen LogP contribution in [0.3, 0.4) is 0 Å². The van der Waals surface area contributed by atoms with Crippen LogP contribution in [0.5, 0.6) is 11.5 Å². The summed E-state index contributed by atoms with van der Waals surface area (Å²) in [4.78, 5) is 10.6. The number of carbonyl (C=O) groups is 1. The number of aliphatic carboxylic acids is 1. The van der Waals surface area contributed by atoms with Gasteiger partial charge >= 0.3 is 5.97 Å². The summed E-state index contributed by atoms with van der Waals surface area (Å²) in [6, 6.07) is 12.7. The Hall–Kier alpha value is -3.32. The topological polar surface area (TPSA) is 94.7 Å². The molecule has 0 aliphatic heterocycles. The van der Waals surface area contributed by atoms with E-state index < -0.39 is 12.6 Å². The van der Waals surface area contributed by atoms with Crippen LogP contribution in [0, 0.1) is 6.92 Å². The molecule has 0 amide bonds. The van der Waals surface area contributed by atoms with E-state index >= 15 is 0 Å². The number of carboxylic acids is 1. The number of nitrogens with zero attached hydrogens (tertiary/aromatic N) is 2. The predicted octanol–water partition coefficient (Wildman–Crippen LogP) is 4.25. The van der Waals surface area contributed by atoms with Crippen molar-refractivity contribution in [2.24, 2.45) is 0 Å². The van der Waals surface area contributed by atoms with Crippen LogP contribution in [-0.2, 0) is 4.79 Å². The van der Waals surface area contributed by atoms with Gasteiger partial charge in [0.1, 0.15) is 5.03 Å². The molecule has 1 heterocycles. The number of aromatic nitrogens is 2. The smallest absolute Gasteiger partial charge is 0.341 e. The Morgan fingerprint density at radius 3 is 2.75 bits per heavy atom. The number of carboxylic acid groups (broad SMARTS) is 1. The summed E-state index contributed by atoms with van der Waals surface area (Å²) in [6.07, 6.45) is 1.64. The highest BCUT2D eigenvalue weighted by Crippen LogP contribution is 2.31. The maximum absolute atomic E-state index is 10.6. The molecule has 8 heteroatoms. The fraction of sp³-hybridized carbons (Fsp3) is 0.150. The Kier molecular flexibility index (Phi) is 5.96. The lowest BCUT2D eigenvalue weighted by atomic mass is 10.1. The van der Waals surface area contributed by atoms with E-state index in [9.17, 15) is 4.79 Å². The van der Waals surface area contributed by atoms with Crippen molar-refractivity contribution in [3.8, 4) is 23.0 Å². The van der Waals surface area contributed by atoms with Crippen molar-refractivity contribution in [2.75, 3.05) is 13.7 Å². The molecule has 0 aliphatic rings. The monoisotopic (exact) mass is 400 g/mol. The molecule has 0 unspecified atom stereocenters. The first-order chi connectivity index (χ1) is 13.5. The van der Waals surface area contributed by atoms with Crippen molar-refractivity contribution in [1.82, 2.24) is 10.2 Å². The average molecular weight is 401 g/mol. The number of hydrogen-bond donors (Lipinski definition) is 1. The average Bonchev–Trinajstić information content (AvgIpc) is 3.17. The lowest BCUT2D eigenvalue weighted by Gasteiger charge is -2.09. The van der Waals surface area contributed by atoms with E-state index in [-0.39, 0.29) is 10.9 Å². The normalized spacial score (nSPS) is 11.3. The van der Waals surface area contributed by atoms with Gasteiger partial charge in [0.2, 0.25) is 5.89 Å². The standard InChI is InChI=1S/C20H17ClN2O5/c1-12-4-3-5-14(8-12)19-22-23-20(28-19)15(21)9-13-6-7-16(17(10-13)26-2)27-11-18(24)25/h3-10H,11H2,1-2H3,(H,24,25)/b15-9-. The molecule has 2 aromatic carbocycles. The molecule has 0 fully saturated rings. The zero-order valence-corrected chi connectivity index (χ0v) is 15.9. The van der Waals surface area contributed by atoms with Gasteiger partial charge in [0.05, 0.1) is 7.11 Å². The molecule has 0 bridgehead atoms. The third-order valence-electron chi connectivity index (χ3n) is 3.73. The van der Waals surface area contributed by atoms with Gasteiger partial charge in [-0.2, -0.15) is 0 Å². The van der Waals surface area contributed by atoms with E-state index in [0.717, 1.165) is 11.1 Å². The predicted molar refractivity (Wildman–Crippen MR) is 104 cm³/mol. The maximum atomic E-state index is 10.6. The Bertz CT molecular complexity index is 1030. The fourth-order valence-corrected chi connectivity index (χ4v) is 2.66. The van der Waals surface area contributed by atoms with Crippen molar-refractivity contribution in [2.45, 2.75) is 6.92 Å². The number of rotatable bonds is 7. The molecule has 144 valence electrons. The molecule has 0 saturated heterocycles. The highest BCUT2D eigenvalue weighted by molar-refractivity contribution is 6.50. The zero-order valence-electron chi connectivity index (χ0n) is 15.2. The third-order valence-corrected chi connectivity index (χ3v) is 4.00. The second kappa shape index (κ2) is 8.58. The largest absolute Gasteiger partial charge is 0.493 e. The summed E-state index contributed by atoms with van der Waals surface area (Å²) in [7, 11) is 1.46. The highest BCUT2D eigenvalue weighted by atomic mass is 35.5. The minimum Gasteiger partial charge on any atom is -0.493 e. The van der Waals surface area contributed by atoms with Crippen LogP contribution in [-0.4, -0.2) is 35.0 Å². The van der Waals surface area contributed by atoms with Crippen LogP contribution < -0.4 is 9.47 Å². The number of aryl methyl sites for hydroxylation is 1. The van der Waals surface area contributed by atoms with Gasteiger partial charge in [0, 0.05) is 5.56 Å². The summed E-state index contributed by atoms with van der Waals surface area (Å²) in [6.45, 7) is 1.51. The van der Waals surface area contributed by atoms with Gasteiger partial charge in [-0.15, -0.1) is 10.2 Å². The van der Waals surface area contributed by atoms with Gasteiger partial charge in [-0.25, -0.2) is 4.79 Å². The van der Waals surface area contributed by atoms with E-state index in [1.54, 1.807) is 24.3 Å². The van der Waals surface area contributed by atoms with Gasteiger partial charge in [-0.05, 0) is 42.8 Å². The number of benzene rings is 2. The summed E-state index contributed by atoms with van der Waals surface area (Å²) < 4.78 is 16.1. The van der Waals surface area contributed by atoms with Crippen LogP contribution in [0.4, 0.5) is 0 Å². The van der Waals surface area contributed by atoms with Crippen LogP contribution in [0.2, 0.25) is 0 Å². The molecule has 28 heavy (non-hydrogen) atoms. The van der Waals surface area contributed by atoms with Crippen LogP contribution in [0.1, 0.15) is 17.0 Å². The van der Waals surface area contributed by atoms with Gasteiger partial charge in [-0.1, -0.05) is 35.4 Å². The van der Waals surface area contributed by atoms with Gasteiger partial charge in [-0.3, -0.25) is 0 Å². The van der Waals surface area contributed by atoms with Crippen molar-refractivity contribution in [3.05, 3.63) is 59.5 Å². The number of methoxy groups -OCH3 is 1. The summed E-state index contributed by atoms with van der Waals surface area (Å²) in [5, 5.41) is 17.0. The van der Waals surface area contributed by atoms with E-state index in [1.807, 2.05) is 31.2 Å². The molecule has 0 radical (unpaired) electrons.